The summed E-state index contributed by atoms with van der Waals surface area (Å²) in [5, 5.41) is 2.90. The van der Waals surface area contributed by atoms with Crippen LogP contribution in [0.25, 0.3) is 0 Å². The Morgan fingerprint density at radius 2 is 1.88 bits per heavy atom. The number of benzene rings is 1. The highest BCUT2D eigenvalue weighted by atomic mass is 16.5. The number of nitrogens with zero attached hydrogens (tertiary/aromatic N) is 1. The highest BCUT2D eigenvalue weighted by Crippen LogP contribution is 2.36. The first kappa shape index (κ1) is 17.5. The Morgan fingerprint density at radius 1 is 1.04 bits per heavy atom. The first-order chi connectivity index (χ1) is 12.7. The van der Waals surface area contributed by atoms with Gasteiger partial charge in [-0.25, -0.2) is 0 Å². The van der Waals surface area contributed by atoms with Crippen molar-refractivity contribution in [3.05, 3.63) is 29.8 Å². The van der Waals surface area contributed by atoms with E-state index in [-0.39, 0.29) is 17.9 Å². The van der Waals surface area contributed by atoms with Crippen molar-refractivity contribution in [2.75, 3.05) is 18.5 Å². The average molecular weight is 356 g/mol. The molecule has 0 unspecified atom stereocenters. The molecule has 0 bridgehead atoms. The van der Waals surface area contributed by atoms with Crippen molar-refractivity contribution in [2.45, 2.75) is 63.5 Å². The minimum atomic E-state index is -0.362. The standard InChI is InChI=1S/C21H28N2O3/c24-20(19-11-5-13-26-19)22-17-9-3-7-16(14-17)21(25)23-12-4-8-15-6-1-2-10-18(15)23/h3,7,9,14-15,18-19H,1-2,4-6,8,10-13H2,(H,22,24)/t15-,18+,19-/m0/s1. The van der Waals surface area contributed by atoms with Gasteiger partial charge in [-0.3, -0.25) is 9.59 Å². The monoisotopic (exact) mass is 356 g/mol. The summed E-state index contributed by atoms with van der Waals surface area (Å²) in [6.45, 7) is 1.50. The van der Waals surface area contributed by atoms with Crippen LogP contribution in [0.15, 0.2) is 24.3 Å². The minimum Gasteiger partial charge on any atom is -0.368 e. The van der Waals surface area contributed by atoms with E-state index in [0.717, 1.165) is 32.2 Å². The number of likely N-dealkylation sites (tertiary alicyclic amines) is 1. The maximum absolute atomic E-state index is 13.1. The minimum absolute atomic E-state index is 0.106. The molecule has 3 fully saturated rings. The Hall–Kier alpha value is -1.88. The van der Waals surface area contributed by atoms with Crippen LogP contribution in [0.1, 0.15) is 61.7 Å². The maximum Gasteiger partial charge on any atom is 0.254 e. The van der Waals surface area contributed by atoms with Gasteiger partial charge in [-0.1, -0.05) is 18.9 Å². The Kier molecular flexibility index (Phi) is 5.25. The van der Waals surface area contributed by atoms with Crippen molar-refractivity contribution >= 4 is 17.5 Å². The number of anilines is 1. The highest BCUT2D eigenvalue weighted by molar-refractivity contribution is 5.98. The molecule has 4 rings (SSSR count). The summed E-state index contributed by atoms with van der Waals surface area (Å²) in [7, 11) is 0. The van der Waals surface area contributed by atoms with E-state index in [1.165, 1.54) is 25.7 Å². The zero-order valence-electron chi connectivity index (χ0n) is 15.3. The lowest BCUT2D eigenvalue weighted by atomic mass is 9.78. The molecule has 0 spiro atoms. The van der Waals surface area contributed by atoms with E-state index in [0.29, 0.717) is 29.8 Å². The van der Waals surface area contributed by atoms with E-state index >= 15 is 0 Å². The molecular formula is C21H28N2O3. The Bertz CT molecular complexity index is 667. The Morgan fingerprint density at radius 3 is 2.73 bits per heavy atom. The SMILES string of the molecule is O=C(Nc1cccc(C(=O)N2CCC[C@@H]3CCCC[C@H]32)c1)[C@@H]1CCCO1. The summed E-state index contributed by atoms with van der Waals surface area (Å²) in [6.07, 6.45) is 8.59. The lowest BCUT2D eigenvalue weighted by Crippen LogP contribution is -2.49. The Labute approximate surface area is 155 Å². The normalized spacial score (nSPS) is 28.5. The first-order valence-electron chi connectivity index (χ1n) is 10.1. The van der Waals surface area contributed by atoms with E-state index < -0.39 is 0 Å². The molecule has 2 amide bonds. The number of piperidine rings is 1. The number of hydrogen-bond donors (Lipinski definition) is 1. The predicted molar refractivity (Wildman–Crippen MR) is 100 cm³/mol. The van der Waals surface area contributed by atoms with E-state index in [1.807, 2.05) is 24.3 Å². The molecule has 3 aliphatic rings. The van der Waals surface area contributed by atoms with Gasteiger partial charge in [0.2, 0.25) is 0 Å². The summed E-state index contributed by atoms with van der Waals surface area (Å²) < 4.78 is 5.43. The van der Waals surface area contributed by atoms with E-state index in [9.17, 15) is 9.59 Å². The molecule has 0 radical (unpaired) electrons. The smallest absolute Gasteiger partial charge is 0.254 e. The number of carbonyl (C=O) groups excluding carboxylic acids is 2. The van der Waals surface area contributed by atoms with Crippen LogP contribution < -0.4 is 5.32 Å². The van der Waals surface area contributed by atoms with Crippen molar-refractivity contribution < 1.29 is 14.3 Å². The van der Waals surface area contributed by atoms with Crippen molar-refractivity contribution in [1.82, 2.24) is 4.90 Å². The lowest BCUT2D eigenvalue weighted by molar-refractivity contribution is -0.124. The van der Waals surface area contributed by atoms with Gasteiger partial charge in [0.05, 0.1) is 0 Å². The van der Waals surface area contributed by atoms with E-state index in [1.54, 1.807) is 0 Å². The van der Waals surface area contributed by atoms with E-state index in [4.69, 9.17) is 4.74 Å². The number of carbonyl (C=O) groups is 2. The van der Waals surface area contributed by atoms with Crippen LogP contribution in [0.3, 0.4) is 0 Å². The number of nitrogens with one attached hydrogen (secondary N) is 1. The van der Waals surface area contributed by atoms with Crippen molar-refractivity contribution in [1.29, 1.82) is 0 Å². The third kappa shape index (κ3) is 3.63. The third-order valence-electron chi connectivity index (χ3n) is 6.10. The maximum atomic E-state index is 13.1. The van der Waals surface area contributed by atoms with Crippen molar-refractivity contribution in [2.24, 2.45) is 5.92 Å². The highest BCUT2D eigenvalue weighted by Gasteiger charge is 2.36. The lowest BCUT2D eigenvalue weighted by Gasteiger charge is -2.44. The fourth-order valence-corrected chi connectivity index (χ4v) is 4.78. The first-order valence-corrected chi connectivity index (χ1v) is 10.1. The van der Waals surface area contributed by atoms with Gasteiger partial charge in [0.25, 0.3) is 11.8 Å². The largest absolute Gasteiger partial charge is 0.368 e. The van der Waals surface area contributed by atoms with E-state index in [2.05, 4.69) is 10.2 Å². The molecule has 140 valence electrons. The number of hydrogen-bond acceptors (Lipinski definition) is 3. The second-order valence-electron chi connectivity index (χ2n) is 7.82. The quantitative estimate of drug-likeness (QED) is 0.900. The topological polar surface area (TPSA) is 58.6 Å². The van der Waals surface area contributed by atoms with Gasteiger partial charge in [0.1, 0.15) is 6.10 Å². The van der Waals surface area contributed by atoms with Gasteiger partial charge >= 0.3 is 0 Å². The van der Waals surface area contributed by atoms with Gasteiger partial charge in [0.15, 0.2) is 0 Å². The molecule has 2 aliphatic heterocycles. The third-order valence-corrected chi connectivity index (χ3v) is 6.10. The molecule has 2 saturated heterocycles. The van der Waals surface area contributed by atoms with Gasteiger partial charge in [0, 0.05) is 30.4 Å². The summed E-state index contributed by atoms with van der Waals surface area (Å²) in [5.41, 5.74) is 1.34. The van der Waals surface area contributed by atoms with Crippen LogP contribution in [-0.2, 0) is 9.53 Å². The van der Waals surface area contributed by atoms with Crippen LogP contribution in [-0.4, -0.2) is 42.0 Å². The molecule has 26 heavy (non-hydrogen) atoms. The number of fused-ring (bicyclic) bond motifs is 1. The van der Waals surface area contributed by atoms with Gasteiger partial charge in [-0.05, 0) is 62.6 Å². The van der Waals surface area contributed by atoms with Crippen molar-refractivity contribution in [3.63, 3.8) is 0 Å². The number of rotatable bonds is 3. The molecule has 1 aromatic rings. The zero-order valence-corrected chi connectivity index (χ0v) is 15.3. The number of amides is 2. The fourth-order valence-electron chi connectivity index (χ4n) is 4.78. The van der Waals surface area contributed by atoms with Crippen molar-refractivity contribution in [3.8, 4) is 0 Å². The summed E-state index contributed by atoms with van der Waals surface area (Å²) in [4.78, 5) is 27.5. The van der Waals surface area contributed by atoms with Gasteiger partial charge in [-0.15, -0.1) is 0 Å². The molecule has 0 aromatic heterocycles. The molecular weight excluding hydrogens is 328 g/mol. The fraction of sp³-hybridized carbons (Fsp3) is 0.619. The molecule has 1 saturated carbocycles. The van der Waals surface area contributed by atoms with Gasteiger partial charge in [-0.2, -0.15) is 0 Å². The van der Waals surface area contributed by atoms with Crippen LogP contribution >= 0.6 is 0 Å². The second kappa shape index (κ2) is 7.78. The Balaban J connectivity index is 1.46. The number of ether oxygens (including phenoxy) is 1. The summed E-state index contributed by atoms with van der Waals surface area (Å²) in [6, 6.07) is 7.75. The van der Waals surface area contributed by atoms with Crippen LogP contribution in [0, 0.1) is 5.92 Å². The average Bonchev–Trinajstić information content (AvgIpc) is 3.22. The van der Waals surface area contributed by atoms with Crippen LogP contribution in [0.4, 0.5) is 5.69 Å². The zero-order chi connectivity index (χ0) is 17.9. The molecule has 5 nitrogen and oxygen atoms in total. The molecule has 1 aliphatic carbocycles. The van der Waals surface area contributed by atoms with Crippen LogP contribution in [0.2, 0.25) is 0 Å². The molecule has 1 N–H and O–H groups in total. The van der Waals surface area contributed by atoms with Gasteiger partial charge < -0.3 is 15.0 Å². The molecule has 2 heterocycles. The van der Waals surface area contributed by atoms with Crippen LogP contribution in [0.5, 0.6) is 0 Å². The molecule has 1 aromatic carbocycles. The molecule has 5 heteroatoms. The second-order valence-corrected chi connectivity index (χ2v) is 7.82. The summed E-state index contributed by atoms with van der Waals surface area (Å²) in [5.74, 6) is 0.663. The predicted octanol–water partition coefficient (Wildman–Crippen LogP) is 3.60. The molecule has 3 atom stereocenters. The summed E-state index contributed by atoms with van der Waals surface area (Å²) >= 11 is 0.